The zero-order chi connectivity index (χ0) is 21.6. The van der Waals surface area contributed by atoms with Gasteiger partial charge in [-0.15, -0.1) is 0 Å². The number of hydrazine groups is 1. The fourth-order valence-electron chi connectivity index (χ4n) is 2.53. The van der Waals surface area contributed by atoms with E-state index in [0.717, 1.165) is 0 Å². The second kappa shape index (κ2) is 9.10. The highest BCUT2D eigenvalue weighted by atomic mass is 32.2. The maximum Gasteiger partial charge on any atom is 0.269 e. The van der Waals surface area contributed by atoms with Crippen molar-refractivity contribution in [3.8, 4) is 5.75 Å². The van der Waals surface area contributed by atoms with Crippen LogP contribution in [-0.4, -0.2) is 27.3 Å². The van der Waals surface area contributed by atoms with E-state index in [0.29, 0.717) is 17.0 Å². The molecule has 0 saturated heterocycles. The average molecular weight is 425 g/mol. The predicted octanol–water partition coefficient (Wildman–Crippen LogP) is 2.57. The molecule has 30 heavy (non-hydrogen) atoms. The Morgan fingerprint density at radius 3 is 2.00 bits per heavy atom. The standard InChI is InChI=1S/C21H19N3O5S/c1-29-18-12-10-17(11-13-18)24-30(27,28)19-9-5-8-16(14-19)21(26)23-22-20(25)15-6-3-2-4-7-15/h2-14,24H,1H3,(H,22,25)(H,23,26). The van der Waals surface area contributed by atoms with Crippen LogP contribution in [-0.2, 0) is 10.0 Å². The Hall–Kier alpha value is -3.85. The first-order chi connectivity index (χ1) is 14.4. The lowest BCUT2D eigenvalue weighted by molar-refractivity contribution is 0.0846. The van der Waals surface area contributed by atoms with Crippen LogP contribution in [0, 0.1) is 0 Å². The van der Waals surface area contributed by atoms with Crippen molar-refractivity contribution in [2.24, 2.45) is 0 Å². The molecule has 3 aromatic carbocycles. The SMILES string of the molecule is COc1ccc(NS(=O)(=O)c2cccc(C(=O)NNC(=O)c3ccccc3)c2)cc1. The van der Waals surface area contributed by atoms with Gasteiger partial charge < -0.3 is 4.74 Å². The topological polar surface area (TPSA) is 114 Å². The van der Waals surface area contributed by atoms with Crippen LogP contribution in [0.25, 0.3) is 0 Å². The molecule has 0 aliphatic heterocycles. The van der Waals surface area contributed by atoms with Crippen LogP contribution < -0.4 is 20.3 Å². The molecule has 8 nitrogen and oxygen atoms in total. The van der Waals surface area contributed by atoms with E-state index in [9.17, 15) is 18.0 Å². The third kappa shape index (κ3) is 5.15. The minimum absolute atomic E-state index is 0.0703. The number of hydrogen-bond donors (Lipinski definition) is 3. The summed E-state index contributed by atoms with van der Waals surface area (Å²) < 4.78 is 32.8. The number of amides is 2. The summed E-state index contributed by atoms with van der Waals surface area (Å²) in [6, 6.07) is 20.2. The molecule has 0 radical (unpaired) electrons. The molecule has 154 valence electrons. The summed E-state index contributed by atoms with van der Waals surface area (Å²) >= 11 is 0. The molecule has 0 fully saturated rings. The highest BCUT2D eigenvalue weighted by molar-refractivity contribution is 7.92. The van der Waals surface area contributed by atoms with Gasteiger partial charge in [-0.1, -0.05) is 24.3 Å². The smallest absolute Gasteiger partial charge is 0.269 e. The monoisotopic (exact) mass is 425 g/mol. The molecule has 0 atom stereocenters. The van der Waals surface area contributed by atoms with E-state index in [4.69, 9.17) is 4.74 Å². The van der Waals surface area contributed by atoms with Crippen LogP contribution in [0.4, 0.5) is 5.69 Å². The molecule has 3 aromatic rings. The number of carbonyl (C=O) groups excluding carboxylic acids is 2. The molecule has 0 bridgehead atoms. The zero-order valence-corrected chi connectivity index (χ0v) is 16.8. The Kier molecular flexibility index (Phi) is 6.33. The highest BCUT2D eigenvalue weighted by Crippen LogP contribution is 2.20. The number of anilines is 1. The third-order valence-corrected chi connectivity index (χ3v) is 5.45. The quantitative estimate of drug-likeness (QED) is 0.525. The van der Waals surface area contributed by atoms with E-state index in [-0.39, 0.29) is 10.5 Å². The number of nitrogens with one attached hydrogen (secondary N) is 3. The summed E-state index contributed by atoms with van der Waals surface area (Å²) in [4.78, 5) is 24.3. The molecular weight excluding hydrogens is 406 g/mol. The summed E-state index contributed by atoms with van der Waals surface area (Å²) in [5, 5.41) is 0. The second-order valence-electron chi connectivity index (χ2n) is 6.14. The molecule has 3 rings (SSSR count). The molecule has 0 spiro atoms. The van der Waals surface area contributed by atoms with Crippen molar-refractivity contribution in [2.75, 3.05) is 11.8 Å². The van der Waals surface area contributed by atoms with E-state index in [1.807, 2.05) is 0 Å². The maximum absolute atomic E-state index is 12.6. The first-order valence-corrected chi connectivity index (χ1v) is 10.3. The number of carbonyl (C=O) groups is 2. The lowest BCUT2D eigenvalue weighted by atomic mass is 10.2. The van der Waals surface area contributed by atoms with Crippen LogP contribution in [0.15, 0.2) is 83.8 Å². The zero-order valence-electron chi connectivity index (χ0n) is 16.0. The van der Waals surface area contributed by atoms with E-state index < -0.39 is 21.8 Å². The van der Waals surface area contributed by atoms with Crippen LogP contribution in [0.5, 0.6) is 5.75 Å². The first-order valence-electron chi connectivity index (χ1n) is 8.82. The fraction of sp³-hybridized carbons (Fsp3) is 0.0476. The number of sulfonamides is 1. The van der Waals surface area contributed by atoms with Crippen LogP contribution in [0.2, 0.25) is 0 Å². The van der Waals surface area contributed by atoms with Crippen molar-refractivity contribution >= 4 is 27.5 Å². The lowest BCUT2D eigenvalue weighted by Gasteiger charge is -2.11. The molecular formula is C21H19N3O5S. The molecule has 3 N–H and O–H groups in total. The normalized spacial score (nSPS) is 10.7. The van der Waals surface area contributed by atoms with Crippen molar-refractivity contribution < 1.29 is 22.7 Å². The average Bonchev–Trinajstić information content (AvgIpc) is 2.78. The Labute approximate surface area is 173 Å². The summed E-state index contributed by atoms with van der Waals surface area (Å²) in [5.41, 5.74) is 5.35. The van der Waals surface area contributed by atoms with Gasteiger partial charge in [-0.05, 0) is 54.6 Å². The molecule has 0 aliphatic rings. The van der Waals surface area contributed by atoms with Gasteiger partial charge in [0, 0.05) is 16.8 Å². The molecule has 0 unspecified atom stereocenters. The number of benzene rings is 3. The van der Waals surface area contributed by atoms with E-state index in [1.165, 1.54) is 31.4 Å². The molecule has 0 aromatic heterocycles. The largest absolute Gasteiger partial charge is 0.497 e. The second-order valence-corrected chi connectivity index (χ2v) is 7.82. The van der Waals surface area contributed by atoms with Crippen molar-refractivity contribution in [3.63, 3.8) is 0 Å². The molecule has 0 heterocycles. The number of hydrogen-bond acceptors (Lipinski definition) is 5. The Bertz CT molecular complexity index is 1150. The van der Waals surface area contributed by atoms with Crippen molar-refractivity contribution in [2.45, 2.75) is 4.90 Å². The van der Waals surface area contributed by atoms with Crippen molar-refractivity contribution in [3.05, 3.63) is 90.0 Å². The van der Waals surface area contributed by atoms with Crippen molar-refractivity contribution in [1.82, 2.24) is 10.9 Å². The summed E-state index contributed by atoms with van der Waals surface area (Å²) in [6.07, 6.45) is 0. The van der Waals surface area contributed by atoms with Gasteiger partial charge in [0.1, 0.15) is 5.75 Å². The number of methoxy groups -OCH3 is 1. The van der Waals surface area contributed by atoms with E-state index in [2.05, 4.69) is 15.6 Å². The van der Waals surface area contributed by atoms with Gasteiger partial charge in [-0.2, -0.15) is 0 Å². The van der Waals surface area contributed by atoms with Gasteiger partial charge in [0.25, 0.3) is 21.8 Å². The maximum atomic E-state index is 12.6. The minimum atomic E-state index is -3.92. The van der Waals surface area contributed by atoms with Crippen LogP contribution in [0.1, 0.15) is 20.7 Å². The number of ether oxygens (including phenoxy) is 1. The minimum Gasteiger partial charge on any atom is -0.497 e. The van der Waals surface area contributed by atoms with Crippen LogP contribution in [0.3, 0.4) is 0 Å². The van der Waals surface area contributed by atoms with Gasteiger partial charge in [-0.25, -0.2) is 8.42 Å². The van der Waals surface area contributed by atoms with Gasteiger partial charge >= 0.3 is 0 Å². The first kappa shape index (κ1) is 20.9. The molecule has 9 heteroatoms. The summed E-state index contributed by atoms with van der Waals surface area (Å²) in [5.74, 6) is -0.552. The number of rotatable bonds is 6. The molecule has 0 aliphatic carbocycles. The lowest BCUT2D eigenvalue weighted by Crippen LogP contribution is -2.41. The molecule has 0 saturated carbocycles. The van der Waals surface area contributed by atoms with E-state index >= 15 is 0 Å². The Balaban J connectivity index is 1.69. The van der Waals surface area contributed by atoms with Gasteiger partial charge in [0.2, 0.25) is 0 Å². The Morgan fingerprint density at radius 2 is 1.37 bits per heavy atom. The highest BCUT2D eigenvalue weighted by Gasteiger charge is 2.17. The van der Waals surface area contributed by atoms with Crippen LogP contribution >= 0.6 is 0 Å². The fourth-order valence-corrected chi connectivity index (χ4v) is 3.63. The van der Waals surface area contributed by atoms with Gasteiger partial charge in [0.05, 0.1) is 12.0 Å². The van der Waals surface area contributed by atoms with E-state index in [1.54, 1.807) is 54.6 Å². The van der Waals surface area contributed by atoms with Gasteiger partial charge in [0.15, 0.2) is 0 Å². The molecule has 2 amide bonds. The Morgan fingerprint density at radius 1 is 0.767 bits per heavy atom. The summed E-state index contributed by atoms with van der Waals surface area (Å²) in [6.45, 7) is 0. The summed E-state index contributed by atoms with van der Waals surface area (Å²) in [7, 11) is -2.41. The third-order valence-electron chi connectivity index (χ3n) is 4.07. The predicted molar refractivity (Wildman–Crippen MR) is 112 cm³/mol. The van der Waals surface area contributed by atoms with Gasteiger partial charge in [-0.3, -0.25) is 25.2 Å². The van der Waals surface area contributed by atoms with Crippen molar-refractivity contribution in [1.29, 1.82) is 0 Å².